The van der Waals surface area contributed by atoms with Crippen LogP contribution in [0.25, 0.3) is 0 Å². The summed E-state index contributed by atoms with van der Waals surface area (Å²) in [4.78, 5) is 1.23. The summed E-state index contributed by atoms with van der Waals surface area (Å²) in [5, 5.41) is 12.7. The number of alkyl halides is 3. The fraction of sp³-hybridized carbons (Fsp3) is 1.00. The lowest BCUT2D eigenvalue weighted by molar-refractivity contribution is -0.145. The van der Waals surface area contributed by atoms with Crippen molar-refractivity contribution in [3.8, 4) is 0 Å². The Kier molecular flexibility index (Phi) is 4.80. The Balaban J connectivity index is 2.59. The van der Waals surface area contributed by atoms with E-state index in [1.807, 2.05) is 6.92 Å². The molecule has 0 bridgehead atoms. The molecule has 0 saturated heterocycles. The standard InChI is InChI=1S/C11H21F3N2O/c1-3-15-10(8-17,9-4-5-9)6-16(2)7-11(12,13)14/h9,15,17H,3-8H2,1-2H3. The Morgan fingerprint density at radius 3 is 2.24 bits per heavy atom. The quantitative estimate of drug-likeness (QED) is 0.717. The largest absolute Gasteiger partial charge is 0.401 e. The molecule has 1 fully saturated rings. The molecule has 6 heteroatoms. The van der Waals surface area contributed by atoms with Crippen molar-refractivity contribution >= 4 is 0 Å². The Labute approximate surface area is 100.0 Å². The van der Waals surface area contributed by atoms with Gasteiger partial charge >= 0.3 is 6.18 Å². The van der Waals surface area contributed by atoms with Crippen molar-refractivity contribution in [3.63, 3.8) is 0 Å². The molecular formula is C11H21F3N2O. The highest BCUT2D eigenvalue weighted by Crippen LogP contribution is 2.40. The Morgan fingerprint density at radius 2 is 1.88 bits per heavy atom. The molecule has 0 aromatic carbocycles. The number of likely N-dealkylation sites (N-methyl/N-ethyl adjacent to an activating group) is 2. The zero-order chi connectivity index (χ0) is 13.1. The maximum Gasteiger partial charge on any atom is 0.401 e. The third-order valence-electron chi connectivity index (χ3n) is 3.17. The molecule has 0 aliphatic heterocycles. The number of halogens is 3. The highest BCUT2D eigenvalue weighted by Gasteiger charge is 2.45. The highest BCUT2D eigenvalue weighted by molar-refractivity contribution is 5.02. The van der Waals surface area contributed by atoms with Crippen LogP contribution in [0.3, 0.4) is 0 Å². The first-order valence-electron chi connectivity index (χ1n) is 5.94. The van der Waals surface area contributed by atoms with Crippen molar-refractivity contribution in [1.29, 1.82) is 0 Å². The molecule has 0 heterocycles. The number of hydrogen-bond donors (Lipinski definition) is 2. The van der Waals surface area contributed by atoms with E-state index in [2.05, 4.69) is 5.32 Å². The van der Waals surface area contributed by atoms with Crippen LogP contribution in [0, 0.1) is 5.92 Å². The van der Waals surface area contributed by atoms with E-state index in [4.69, 9.17) is 0 Å². The summed E-state index contributed by atoms with van der Waals surface area (Å²) in [6.45, 7) is 1.72. The van der Waals surface area contributed by atoms with Gasteiger partial charge in [0, 0.05) is 6.54 Å². The summed E-state index contributed by atoms with van der Waals surface area (Å²) in [5.41, 5.74) is -0.575. The van der Waals surface area contributed by atoms with Gasteiger partial charge in [0.25, 0.3) is 0 Å². The highest BCUT2D eigenvalue weighted by atomic mass is 19.4. The number of aliphatic hydroxyl groups is 1. The molecule has 2 N–H and O–H groups in total. The van der Waals surface area contributed by atoms with Gasteiger partial charge in [-0.25, -0.2) is 0 Å². The number of aliphatic hydroxyl groups excluding tert-OH is 1. The van der Waals surface area contributed by atoms with Crippen molar-refractivity contribution in [1.82, 2.24) is 10.2 Å². The average molecular weight is 254 g/mol. The fourth-order valence-electron chi connectivity index (χ4n) is 2.40. The van der Waals surface area contributed by atoms with E-state index in [0.717, 1.165) is 12.8 Å². The summed E-state index contributed by atoms with van der Waals surface area (Å²) in [7, 11) is 1.44. The maximum atomic E-state index is 12.3. The van der Waals surface area contributed by atoms with Gasteiger partial charge in [-0.3, -0.25) is 4.90 Å². The summed E-state index contributed by atoms with van der Waals surface area (Å²) < 4.78 is 36.8. The van der Waals surface area contributed by atoms with Crippen molar-refractivity contribution in [2.45, 2.75) is 31.5 Å². The maximum absolute atomic E-state index is 12.3. The van der Waals surface area contributed by atoms with Crippen LogP contribution in [0.2, 0.25) is 0 Å². The van der Waals surface area contributed by atoms with Crippen LogP contribution in [-0.2, 0) is 0 Å². The van der Waals surface area contributed by atoms with E-state index in [9.17, 15) is 18.3 Å². The number of nitrogens with zero attached hydrogens (tertiary/aromatic N) is 1. The van der Waals surface area contributed by atoms with E-state index >= 15 is 0 Å². The molecule has 102 valence electrons. The lowest BCUT2D eigenvalue weighted by Gasteiger charge is -2.37. The third kappa shape index (κ3) is 4.44. The van der Waals surface area contributed by atoms with Gasteiger partial charge in [-0.15, -0.1) is 0 Å². The monoisotopic (exact) mass is 254 g/mol. The molecule has 0 spiro atoms. The van der Waals surface area contributed by atoms with Crippen LogP contribution in [0.5, 0.6) is 0 Å². The van der Waals surface area contributed by atoms with Crippen molar-refractivity contribution in [2.24, 2.45) is 5.92 Å². The molecule has 1 aliphatic carbocycles. The Bertz CT molecular complexity index is 243. The van der Waals surface area contributed by atoms with Crippen LogP contribution in [0.1, 0.15) is 19.8 Å². The van der Waals surface area contributed by atoms with Crippen LogP contribution >= 0.6 is 0 Å². The molecule has 0 aromatic rings. The molecule has 0 radical (unpaired) electrons. The molecular weight excluding hydrogens is 233 g/mol. The Morgan fingerprint density at radius 1 is 1.29 bits per heavy atom. The van der Waals surface area contributed by atoms with Gasteiger partial charge in [0.15, 0.2) is 0 Å². The van der Waals surface area contributed by atoms with Crippen molar-refractivity contribution < 1.29 is 18.3 Å². The van der Waals surface area contributed by atoms with Gasteiger partial charge in [0.2, 0.25) is 0 Å². The van der Waals surface area contributed by atoms with E-state index in [-0.39, 0.29) is 13.2 Å². The van der Waals surface area contributed by atoms with Crippen LogP contribution in [0.4, 0.5) is 13.2 Å². The fourth-order valence-corrected chi connectivity index (χ4v) is 2.40. The third-order valence-corrected chi connectivity index (χ3v) is 3.17. The topological polar surface area (TPSA) is 35.5 Å². The van der Waals surface area contributed by atoms with Crippen LogP contribution in [-0.4, -0.2) is 55.0 Å². The van der Waals surface area contributed by atoms with E-state index in [1.165, 1.54) is 11.9 Å². The first kappa shape index (κ1) is 14.7. The molecule has 1 atom stereocenters. The summed E-state index contributed by atoms with van der Waals surface area (Å²) in [5.74, 6) is 0.295. The average Bonchev–Trinajstić information content (AvgIpc) is 2.97. The van der Waals surface area contributed by atoms with Gasteiger partial charge in [-0.05, 0) is 32.4 Å². The van der Waals surface area contributed by atoms with Crippen molar-refractivity contribution in [2.75, 3.05) is 33.3 Å². The van der Waals surface area contributed by atoms with E-state index in [0.29, 0.717) is 12.5 Å². The minimum atomic E-state index is -4.19. The Hall–Kier alpha value is -0.330. The number of hydrogen-bond acceptors (Lipinski definition) is 3. The SMILES string of the molecule is CCNC(CO)(CN(C)CC(F)(F)F)C1CC1. The second-order valence-electron chi connectivity index (χ2n) is 4.91. The van der Waals surface area contributed by atoms with Gasteiger partial charge in [-0.1, -0.05) is 6.92 Å². The van der Waals surface area contributed by atoms with E-state index < -0.39 is 18.3 Å². The predicted octanol–water partition coefficient (Wildman–Crippen LogP) is 1.23. The molecule has 1 aliphatic rings. The zero-order valence-corrected chi connectivity index (χ0v) is 10.3. The van der Waals surface area contributed by atoms with Crippen LogP contribution < -0.4 is 5.32 Å². The van der Waals surface area contributed by atoms with Crippen LogP contribution in [0.15, 0.2) is 0 Å². The van der Waals surface area contributed by atoms with Gasteiger partial charge < -0.3 is 10.4 Å². The van der Waals surface area contributed by atoms with Crippen molar-refractivity contribution in [3.05, 3.63) is 0 Å². The summed E-state index contributed by atoms with van der Waals surface area (Å²) >= 11 is 0. The zero-order valence-electron chi connectivity index (χ0n) is 10.3. The number of nitrogens with one attached hydrogen (secondary N) is 1. The molecule has 1 rings (SSSR count). The van der Waals surface area contributed by atoms with Gasteiger partial charge in [0.05, 0.1) is 18.7 Å². The number of rotatable bonds is 7. The minimum Gasteiger partial charge on any atom is -0.394 e. The second kappa shape index (κ2) is 5.54. The molecule has 1 unspecified atom stereocenters. The van der Waals surface area contributed by atoms with Gasteiger partial charge in [0.1, 0.15) is 0 Å². The molecule has 17 heavy (non-hydrogen) atoms. The first-order chi connectivity index (χ1) is 7.83. The molecule has 0 aromatic heterocycles. The van der Waals surface area contributed by atoms with Gasteiger partial charge in [-0.2, -0.15) is 13.2 Å². The normalized spacial score (nSPS) is 20.6. The second-order valence-corrected chi connectivity index (χ2v) is 4.91. The smallest absolute Gasteiger partial charge is 0.394 e. The predicted molar refractivity (Wildman–Crippen MR) is 59.8 cm³/mol. The molecule has 0 amide bonds. The molecule has 3 nitrogen and oxygen atoms in total. The summed E-state index contributed by atoms with van der Waals surface area (Å²) in [6, 6.07) is 0. The lowest BCUT2D eigenvalue weighted by Crippen LogP contribution is -2.58. The summed E-state index contributed by atoms with van der Waals surface area (Å²) in [6.07, 6.45) is -2.23. The first-order valence-corrected chi connectivity index (χ1v) is 5.94. The minimum absolute atomic E-state index is 0.117. The molecule has 1 saturated carbocycles. The van der Waals surface area contributed by atoms with E-state index in [1.54, 1.807) is 0 Å². The lowest BCUT2D eigenvalue weighted by atomic mass is 9.93.